The number of nitrogens with one attached hydrogen (secondary N) is 1. The molecule has 0 aromatic heterocycles. The van der Waals surface area contributed by atoms with Gasteiger partial charge in [-0.05, 0) is 53.1 Å². The molecule has 1 fully saturated rings. The number of hydrogen-bond donors (Lipinski definition) is 2. The highest BCUT2D eigenvalue weighted by molar-refractivity contribution is 5.78. The van der Waals surface area contributed by atoms with Crippen LogP contribution in [0.25, 0.3) is 0 Å². The summed E-state index contributed by atoms with van der Waals surface area (Å²) in [6.45, 7) is 12.4. The van der Waals surface area contributed by atoms with Crippen LogP contribution in [0.5, 0.6) is 0 Å². The second kappa shape index (κ2) is 7.38. The van der Waals surface area contributed by atoms with Crippen LogP contribution in [0, 0.1) is 0 Å². The number of rotatable bonds is 8. The predicted molar refractivity (Wildman–Crippen MR) is 80.0 cm³/mol. The SMILES string of the molecule is CCNC(C)(CCCCN1CCOC(C)(C)C1)C(=O)O. The van der Waals surface area contributed by atoms with E-state index >= 15 is 0 Å². The largest absolute Gasteiger partial charge is 0.480 e. The summed E-state index contributed by atoms with van der Waals surface area (Å²) < 4.78 is 5.69. The van der Waals surface area contributed by atoms with Gasteiger partial charge in [-0.25, -0.2) is 0 Å². The fraction of sp³-hybridized carbons (Fsp3) is 0.933. The molecule has 1 aliphatic rings. The first-order chi connectivity index (χ1) is 9.29. The molecule has 0 radical (unpaired) electrons. The molecule has 0 bridgehead atoms. The summed E-state index contributed by atoms with van der Waals surface area (Å²) in [5.74, 6) is -0.758. The van der Waals surface area contributed by atoms with E-state index in [2.05, 4.69) is 24.1 Å². The number of morpholine rings is 1. The lowest BCUT2D eigenvalue weighted by atomic mass is 9.94. The number of aliphatic carboxylic acids is 1. The van der Waals surface area contributed by atoms with Gasteiger partial charge in [0.05, 0.1) is 12.2 Å². The lowest BCUT2D eigenvalue weighted by molar-refractivity contribution is -0.144. The number of carboxylic acids is 1. The highest BCUT2D eigenvalue weighted by atomic mass is 16.5. The predicted octanol–water partition coefficient (Wildman–Crippen LogP) is 1.72. The van der Waals surface area contributed by atoms with Gasteiger partial charge < -0.3 is 15.2 Å². The van der Waals surface area contributed by atoms with E-state index in [1.54, 1.807) is 6.92 Å². The number of unbranched alkanes of at least 4 members (excludes halogenated alkanes) is 1. The minimum Gasteiger partial charge on any atom is -0.480 e. The van der Waals surface area contributed by atoms with Gasteiger partial charge in [0, 0.05) is 13.1 Å². The summed E-state index contributed by atoms with van der Waals surface area (Å²) in [6, 6.07) is 0. The molecule has 118 valence electrons. The van der Waals surface area contributed by atoms with Gasteiger partial charge in [-0.1, -0.05) is 6.92 Å². The summed E-state index contributed by atoms with van der Waals surface area (Å²) >= 11 is 0. The van der Waals surface area contributed by atoms with Crippen LogP contribution in [0.15, 0.2) is 0 Å². The average molecular weight is 286 g/mol. The fourth-order valence-corrected chi connectivity index (χ4v) is 2.78. The first-order valence-corrected chi connectivity index (χ1v) is 7.64. The number of carboxylic acid groups (broad SMARTS) is 1. The Morgan fingerprint density at radius 1 is 1.45 bits per heavy atom. The van der Waals surface area contributed by atoms with Gasteiger partial charge in [-0.3, -0.25) is 9.69 Å². The van der Waals surface area contributed by atoms with E-state index in [9.17, 15) is 9.90 Å². The zero-order chi connectivity index (χ0) is 15.2. The van der Waals surface area contributed by atoms with Crippen molar-refractivity contribution in [1.82, 2.24) is 10.2 Å². The Hall–Kier alpha value is -0.650. The van der Waals surface area contributed by atoms with Gasteiger partial charge in [0.25, 0.3) is 0 Å². The molecular weight excluding hydrogens is 256 g/mol. The topological polar surface area (TPSA) is 61.8 Å². The maximum absolute atomic E-state index is 11.3. The number of hydrogen-bond acceptors (Lipinski definition) is 4. The molecule has 0 spiro atoms. The Morgan fingerprint density at radius 3 is 2.70 bits per heavy atom. The summed E-state index contributed by atoms with van der Waals surface area (Å²) in [6.07, 6.45) is 2.63. The summed E-state index contributed by atoms with van der Waals surface area (Å²) in [4.78, 5) is 13.7. The van der Waals surface area contributed by atoms with E-state index in [1.807, 2.05) is 6.92 Å². The van der Waals surface area contributed by atoms with Crippen molar-refractivity contribution in [3.63, 3.8) is 0 Å². The molecule has 1 atom stereocenters. The van der Waals surface area contributed by atoms with Gasteiger partial charge in [-0.2, -0.15) is 0 Å². The van der Waals surface area contributed by atoms with Crippen molar-refractivity contribution in [2.24, 2.45) is 0 Å². The molecule has 2 N–H and O–H groups in total. The Kier molecular flexibility index (Phi) is 6.43. The Morgan fingerprint density at radius 2 is 2.15 bits per heavy atom. The molecule has 1 heterocycles. The van der Waals surface area contributed by atoms with Crippen LogP contribution in [0.4, 0.5) is 0 Å². The van der Waals surface area contributed by atoms with Gasteiger partial charge >= 0.3 is 5.97 Å². The van der Waals surface area contributed by atoms with Crippen molar-refractivity contribution in [2.75, 3.05) is 32.8 Å². The van der Waals surface area contributed by atoms with Crippen LogP contribution in [-0.4, -0.2) is 59.9 Å². The second-order valence-electron chi connectivity index (χ2n) is 6.51. The zero-order valence-corrected chi connectivity index (χ0v) is 13.4. The molecule has 5 heteroatoms. The summed E-state index contributed by atoms with van der Waals surface area (Å²) in [7, 11) is 0. The molecule has 0 saturated carbocycles. The third kappa shape index (κ3) is 5.38. The van der Waals surface area contributed by atoms with E-state index in [0.717, 1.165) is 39.1 Å². The minimum atomic E-state index is -0.793. The van der Waals surface area contributed by atoms with Crippen LogP contribution < -0.4 is 5.32 Å². The summed E-state index contributed by atoms with van der Waals surface area (Å²) in [5.41, 5.74) is -0.851. The van der Waals surface area contributed by atoms with Crippen molar-refractivity contribution < 1.29 is 14.6 Å². The Balaban J connectivity index is 2.28. The number of likely N-dealkylation sites (N-methyl/N-ethyl adjacent to an activating group) is 1. The van der Waals surface area contributed by atoms with Gasteiger partial charge in [0.1, 0.15) is 5.54 Å². The zero-order valence-electron chi connectivity index (χ0n) is 13.4. The molecular formula is C15H30N2O3. The molecule has 1 unspecified atom stereocenters. The van der Waals surface area contributed by atoms with E-state index in [4.69, 9.17) is 4.74 Å². The molecule has 1 aliphatic heterocycles. The number of carbonyl (C=O) groups is 1. The highest BCUT2D eigenvalue weighted by Gasteiger charge is 2.31. The smallest absolute Gasteiger partial charge is 0.323 e. The van der Waals surface area contributed by atoms with Crippen molar-refractivity contribution in [1.29, 1.82) is 0 Å². The van der Waals surface area contributed by atoms with E-state index in [0.29, 0.717) is 13.0 Å². The van der Waals surface area contributed by atoms with Crippen LogP contribution in [0.3, 0.4) is 0 Å². The van der Waals surface area contributed by atoms with Gasteiger partial charge in [0.15, 0.2) is 0 Å². The first kappa shape index (κ1) is 17.4. The number of ether oxygens (including phenoxy) is 1. The summed E-state index contributed by atoms with van der Waals surface area (Å²) in [5, 5.41) is 12.4. The normalized spacial score (nSPS) is 22.4. The van der Waals surface area contributed by atoms with Crippen LogP contribution in [0.2, 0.25) is 0 Å². The molecule has 0 aromatic rings. The second-order valence-corrected chi connectivity index (χ2v) is 6.51. The van der Waals surface area contributed by atoms with Crippen molar-refractivity contribution in [3.8, 4) is 0 Å². The maximum Gasteiger partial charge on any atom is 0.323 e. The van der Waals surface area contributed by atoms with E-state index < -0.39 is 11.5 Å². The van der Waals surface area contributed by atoms with Crippen LogP contribution in [-0.2, 0) is 9.53 Å². The van der Waals surface area contributed by atoms with Crippen LogP contribution in [0.1, 0.15) is 47.0 Å². The lowest BCUT2D eigenvalue weighted by Gasteiger charge is -2.38. The third-order valence-electron chi connectivity index (χ3n) is 3.94. The van der Waals surface area contributed by atoms with Crippen LogP contribution >= 0.6 is 0 Å². The average Bonchev–Trinajstić information content (AvgIpc) is 2.34. The quantitative estimate of drug-likeness (QED) is 0.665. The highest BCUT2D eigenvalue weighted by Crippen LogP contribution is 2.18. The van der Waals surface area contributed by atoms with Crippen molar-refractivity contribution in [2.45, 2.75) is 58.1 Å². The molecule has 20 heavy (non-hydrogen) atoms. The van der Waals surface area contributed by atoms with Crippen molar-refractivity contribution in [3.05, 3.63) is 0 Å². The van der Waals surface area contributed by atoms with Crippen molar-refractivity contribution >= 4 is 5.97 Å². The van der Waals surface area contributed by atoms with Gasteiger partial charge in [-0.15, -0.1) is 0 Å². The van der Waals surface area contributed by atoms with E-state index in [-0.39, 0.29) is 5.60 Å². The number of nitrogens with zero attached hydrogens (tertiary/aromatic N) is 1. The molecule has 0 aromatic carbocycles. The Bertz CT molecular complexity index is 320. The standard InChI is InChI=1S/C15H30N2O3/c1-5-16-15(4,13(18)19)8-6-7-9-17-10-11-20-14(2,3)12-17/h16H,5-12H2,1-4H3,(H,18,19). The first-order valence-electron chi connectivity index (χ1n) is 7.64. The molecule has 5 nitrogen and oxygen atoms in total. The third-order valence-corrected chi connectivity index (χ3v) is 3.94. The molecule has 1 saturated heterocycles. The van der Waals surface area contributed by atoms with E-state index in [1.165, 1.54) is 0 Å². The fourth-order valence-electron chi connectivity index (χ4n) is 2.78. The minimum absolute atomic E-state index is 0.0579. The van der Waals surface area contributed by atoms with Gasteiger partial charge in [0.2, 0.25) is 0 Å². The maximum atomic E-state index is 11.3. The molecule has 1 rings (SSSR count). The Labute approximate surface area is 122 Å². The lowest BCUT2D eigenvalue weighted by Crippen LogP contribution is -2.50. The monoisotopic (exact) mass is 286 g/mol. The molecule has 0 amide bonds. The molecule has 0 aliphatic carbocycles.